The number of aromatic nitrogens is 4. The summed E-state index contributed by atoms with van der Waals surface area (Å²) in [6.07, 6.45) is 4.83. The summed E-state index contributed by atoms with van der Waals surface area (Å²) in [5.74, 6) is 1.45. The molecule has 1 saturated heterocycles. The zero-order chi connectivity index (χ0) is 21.2. The molecule has 0 amide bonds. The summed E-state index contributed by atoms with van der Waals surface area (Å²) in [6.45, 7) is 4.76. The molecule has 1 fully saturated rings. The van der Waals surface area contributed by atoms with E-state index in [-0.39, 0.29) is 12.0 Å². The highest BCUT2D eigenvalue weighted by molar-refractivity contribution is 5.74. The van der Waals surface area contributed by atoms with Crippen LogP contribution in [0.3, 0.4) is 0 Å². The standard InChI is InChI=1S/C25H29N5O/c1-17(23-13-26-16-27-23)18-7-3-4-8-19(18)20-14-30(2)12-11-24(20)31-15-25-28-21-9-5-6-10-22(21)29-25/h3-10,13,16-17,20,24H,11-12,14-15H2,1-2H3,(H,26,27)(H,28,29). The zero-order valence-electron chi connectivity index (χ0n) is 18.1. The molecule has 0 radical (unpaired) electrons. The Hall–Kier alpha value is -2.96. The second-order valence-electron chi connectivity index (χ2n) is 8.57. The van der Waals surface area contributed by atoms with Gasteiger partial charge in [0, 0.05) is 36.8 Å². The summed E-state index contributed by atoms with van der Waals surface area (Å²) in [7, 11) is 2.20. The molecule has 160 valence electrons. The van der Waals surface area contributed by atoms with E-state index >= 15 is 0 Å². The molecule has 2 N–H and O–H groups in total. The van der Waals surface area contributed by atoms with Crippen LogP contribution in [0.4, 0.5) is 0 Å². The van der Waals surface area contributed by atoms with Gasteiger partial charge in [-0.15, -0.1) is 0 Å². The Bertz CT molecular complexity index is 1100. The van der Waals surface area contributed by atoms with Gasteiger partial charge in [-0.05, 0) is 36.7 Å². The molecule has 0 aliphatic carbocycles. The molecule has 3 unspecified atom stereocenters. The van der Waals surface area contributed by atoms with E-state index in [1.165, 1.54) is 11.1 Å². The van der Waals surface area contributed by atoms with Crippen molar-refractivity contribution in [3.05, 3.63) is 83.7 Å². The van der Waals surface area contributed by atoms with Crippen molar-refractivity contribution in [2.75, 3.05) is 20.1 Å². The third kappa shape index (κ3) is 4.13. The van der Waals surface area contributed by atoms with E-state index in [1.54, 1.807) is 6.33 Å². The van der Waals surface area contributed by atoms with Crippen LogP contribution in [-0.4, -0.2) is 51.1 Å². The SMILES string of the molecule is CC(c1cnc[nH]1)c1ccccc1C1CN(C)CCC1OCc1nc2ccccc2[nH]1. The molecule has 3 heterocycles. The molecule has 0 saturated carbocycles. The van der Waals surface area contributed by atoms with Crippen LogP contribution < -0.4 is 0 Å². The van der Waals surface area contributed by atoms with Crippen molar-refractivity contribution in [3.63, 3.8) is 0 Å². The Morgan fingerprint density at radius 2 is 2.00 bits per heavy atom. The normalized spacial score (nSPS) is 20.8. The minimum absolute atomic E-state index is 0.152. The number of nitrogens with zero attached hydrogens (tertiary/aromatic N) is 3. The first-order valence-corrected chi connectivity index (χ1v) is 11.0. The van der Waals surface area contributed by atoms with Gasteiger partial charge in [0.2, 0.25) is 0 Å². The third-order valence-corrected chi connectivity index (χ3v) is 6.47. The van der Waals surface area contributed by atoms with Gasteiger partial charge < -0.3 is 19.6 Å². The highest BCUT2D eigenvalue weighted by atomic mass is 16.5. The fourth-order valence-corrected chi connectivity index (χ4v) is 4.77. The van der Waals surface area contributed by atoms with Crippen LogP contribution in [0.2, 0.25) is 0 Å². The van der Waals surface area contributed by atoms with E-state index in [0.717, 1.165) is 42.1 Å². The van der Waals surface area contributed by atoms with E-state index in [0.29, 0.717) is 12.5 Å². The predicted molar refractivity (Wildman–Crippen MR) is 122 cm³/mol. The van der Waals surface area contributed by atoms with Crippen molar-refractivity contribution in [1.82, 2.24) is 24.8 Å². The molecule has 1 aliphatic heterocycles. The van der Waals surface area contributed by atoms with Gasteiger partial charge in [0.25, 0.3) is 0 Å². The lowest BCUT2D eigenvalue weighted by atomic mass is 9.81. The van der Waals surface area contributed by atoms with Crippen LogP contribution in [0.25, 0.3) is 11.0 Å². The number of aromatic amines is 2. The zero-order valence-corrected chi connectivity index (χ0v) is 18.1. The fraction of sp³-hybridized carbons (Fsp3) is 0.360. The molecule has 0 bridgehead atoms. The van der Waals surface area contributed by atoms with Gasteiger partial charge in [0.15, 0.2) is 0 Å². The Labute approximate surface area is 182 Å². The second-order valence-corrected chi connectivity index (χ2v) is 8.57. The summed E-state index contributed by atoms with van der Waals surface area (Å²) in [5.41, 5.74) is 5.88. The number of imidazole rings is 2. The number of hydrogen-bond acceptors (Lipinski definition) is 4. The van der Waals surface area contributed by atoms with E-state index in [9.17, 15) is 0 Å². The van der Waals surface area contributed by atoms with Crippen LogP contribution in [0, 0.1) is 0 Å². The number of hydrogen-bond donors (Lipinski definition) is 2. The molecule has 6 nitrogen and oxygen atoms in total. The molecule has 4 aromatic rings. The average molecular weight is 416 g/mol. The van der Waals surface area contributed by atoms with E-state index < -0.39 is 0 Å². The fourth-order valence-electron chi connectivity index (χ4n) is 4.77. The number of piperidine rings is 1. The van der Waals surface area contributed by atoms with Crippen LogP contribution in [0.1, 0.15) is 47.8 Å². The minimum Gasteiger partial charge on any atom is -0.370 e. The number of benzene rings is 2. The van der Waals surface area contributed by atoms with Gasteiger partial charge in [0.1, 0.15) is 12.4 Å². The van der Waals surface area contributed by atoms with Crippen molar-refractivity contribution in [3.8, 4) is 0 Å². The maximum atomic E-state index is 6.50. The van der Waals surface area contributed by atoms with Crippen molar-refractivity contribution in [2.24, 2.45) is 0 Å². The Balaban J connectivity index is 1.40. The number of H-pyrrole nitrogens is 2. The van der Waals surface area contributed by atoms with E-state index in [1.807, 2.05) is 24.4 Å². The van der Waals surface area contributed by atoms with E-state index in [2.05, 4.69) is 69.1 Å². The smallest absolute Gasteiger partial charge is 0.133 e. The molecule has 31 heavy (non-hydrogen) atoms. The van der Waals surface area contributed by atoms with Gasteiger partial charge in [-0.1, -0.05) is 43.3 Å². The molecule has 3 atom stereocenters. The minimum atomic E-state index is 0.152. The number of para-hydroxylation sites is 2. The molecule has 0 spiro atoms. The molecule has 2 aromatic heterocycles. The largest absolute Gasteiger partial charge is 0.370 e. The highest BCUT2D eigenvalue weighted by Gasteiger charge is 2.32. The molecular formula is C25H29N5O. The van der Waals surface area contributed by atoms with Crippen LogP contribution in [-0.2, 0) is 11.3 Å². The maximum Gasteiger partial charge on any atom is 0.133 e. The van der Waals surface area contributed by atoms with Crippen LogP contribution in [0.5, 0.6) is 0 Å². The number of likely N-dealkylation sites (tertiary alicyclic amines) is 1. The first-order chi connectivity index (χ1) is 15.2. The summed E-state index contributed by atoms with van der Waals surface area (Å²) in [5, 5.41) is 0. The molecule has 6 heteroatoms. The first-order valence-electron chi connectivity index (χ1n) is 11.0. The molecule has 5 rings (SSSR count). The van der Waals surface area contributed by atoms with Crippen molar-refractivity contribution in [2.45, 2.75) is 37.9 Å². The lowest BCUT2D eigenvalue weighted by Gasteiger charge is -2.38. The third-order valence-electron chi connectivity index (χ3n) is 6.47. The van der Waals surface area contributed by atoms with Gasteiger partial charge in [-0.3, -0.25) is 0 Å². The summed E-state index contributed by atoms with van der Waals surface area (Å²) < 4.78 is 6.50. The maximum absolute atomic E-state index is 6.50. The topological polar surface area (TPSA) is 69.8 Å². The van der Waals surface area contributed by atoms with Crippen molar-refractivity contribution >= 4 is 11.0 Å². The lowest BCUT2D eigenvalue weighted by molar-refractivity contribution is -0.0161. The first kappa shape index (κ1) is 20.0. The summed E-state index contributed by atoms with van der Waals surface area (Å²) in [4.78, 5) is 18.0. The summed E-state index contributed by atoms with van der Waals surface area (Å²) in [6, 6.07) is 16.9. The van der Waals surface area contributed by atoms with Gasteiger partial charge in [0.05, 0.1) is 23.5 Å². The predicted octanol–water partition coefficient (Wildman–Crippen LogP) is 4.44. The quantitative estimate of drug-likeness (QED) is 0.488. The summed E-state index contributed by atoms with van der Waals surface area (Å²) >= 11 is 0. The number of likely N-dealkylation sites (N-methyl/N-ethyl adjacent to an activating group) is 1. The number of rotatable bonds is 6. The molecule has 2 aromatic carbocycles. The average Bonchev–Trinajstić information content (AvgIpc) is 3.47. The number of nitrogens with one attached hydrogen (secondary N) is 2. The monoisotopic (exact) mass is 415 g/mol. The number of fused-ring (bicyclic) bond motifs is 1. The van der Waals surface area contributed by atoms with Gasteiger partial charge in [-0.25, -0.2) is 9.97 Å². The molecular weight excluding hydrogens is 386 g/mol. The van der Waals surface area contributed by atoms with Crippen LogP contribution in [0.15, 0.2) is 61.1 Å². The van der Waals surface area contributed by atoms with Gasteiger partial charge >= 0.3 is 0 Å². The molecule has 1 aliphatic rings. The van der Waals surface area contributed by atoms with E-state index in [4.69, 9.17) is 4.74 Å². The van der Waals surface area contributed by atoms with Crippen LogP contribution >= 0.6 is 0 Å². The number of ether oxygens (including phenoxy) is 1. The Morgan fingerprint density at radius 1 is 1.16 bits per heavy atom. The Morgan fingerprint density at radius 3 is 2.84 bits per heavy atom. The highest BCUT2D eigenvalue weighted by Crippen LogP contribution is 2.36. The van der Waals surface area contributed by atoms with Crippen molar-refractivity contribution < 1.29 is 4.74 Å². The Kier molecular flexibility index (Phi) is 5.57. The van der Waals surface area contributed by atoms with Crippen molar-refractivity contribution in [1.29, 1.82) is 0 Å². The second kappa shape index (κ2) is 8.65. The lowest BCUT2D eigenvalue weighted by Crippen LogP contribution is -2.41. The van der Waals surface area contributed by atoms with Gasteiger partial charge in [-0.2, -0.15) is 0 Å².